The van der Waals surface area contributed by atoms with Crippen molar-refractivity contribution in [2.45, 2.75) is 66.2 Å². The van der Waals surface area contributed by atoms with Gasteiger partial charge in [0, 0.05) is 11.3 Å². The molecule has 1 aliphatic rings. The number of hydrogen-bond acceptors (Lipinski definition) is 4. The Kier molecular flexibility index (Phi) is 6.59. The average Bonchev–Trinajstić information content (AvgIpc) is 2.87. The maximum absolute atomic E-state index is 11.8. The summed E-state index contributed by atoms with van der Waals surface area (Å²) < 4.78 is 0. The molecule has 0 saturated carbocycles. The number of thiophene rings is 1. The highest BCUT2D eigenvalue weighted by molar-refractivity contribution is 7.80. The van der Waals surface area contributed by atoms with Crippen LogP contribution in [0.1, 0.15) is 69.4 Å². The Hall–Kier alpha value is -1.45. The van der Waals surface area contributed by atoms with Gasteiger partial charge in [0.1, 0.15) is 11.1 Å². The van der Waals surface area contributed by atoms with Crippen LogP contribution in [0.2, 0.25) is 0 Å². The van der Waals surface area contributed by atoms with E-state index in [9.17, 15) is 10.1 Å². The quantitative estimate of drug-likeness (QED) is 0.742. The van der Waals surface area contributed by atoms with Crippen LogP contribution in [0, 0.1) is 22.7 Å². The van der Waals surface area contributed by atoms with Gasteiger partial charge in [0.05, 0.1) is 5.56 Å². The topological polar surface area (TPSA) is 64.9 Å². The van der Waals surface area contributed by atoms with Crippen LogP contribution in [0.5, 0.6) is 0 Å². The summed E-state index contributed by atoms with van der Waals surface area (Å²) in [6, 6.07) is 2.33. The summed E-state index contributed by atoms with van der Waals surface area (Å²) in [5.74, 6) is 0.547. The van der Waals surface area contributed by atoms with Crippen LogP contribution >= 0.6 is 23.6 Å². The van der Waals surface area contributed by atoms with E-state index in [2.05, 4.69) is 37.5 Å². The molecule has 0 spiro atoms. The molecule has 1 atom stereocenters. The van der Waals surface area contributed by atoms with Crippen LogP contribution in [0.25, 0.3) is 0 Å². The summed E-state index contributed by atoms with van der Waals surface area (Å²) >= 11 is 6.85. The van der Waals surface area contributed by atoms with Gasteiger partial charge in [-0.05, 0) is 54.8 Å². The summed E-state index contributed by atoms with van der Waals surface area (Å²) in [7, 11) is 0. The Morgan fingerprint density at radius 1 is 1.44 bits per heavy atom. The van der Waals surface area contributed by atoms with Gasteiger partial charge in [-0.3, -0.25) is 4.79 Å². The van der Waals surface area contributed by atoms with Gasteiger partial charge in [-0.1, -0.05) is 34.1 Å². The highest BCUT2D eigenvalue weighted by Gasteiger charge is 2.32. The number of carbonyl (C=O) groups excluding carboxylic acids is 1. The number of rotatable bonds is 4. The van der Waals surface area contributed by atoms with Crippen molar-refractivity contribution in [3.63, 3.8) is 0 Å². The van der Waals surface area contributed by atoms with E-state index in [-0.39, 0.29) is 16.4 Å². The van der Waals surface area contributed by atoms with Crippen LogP contribution in [0.4, 0.5) is 5.00 Å². The van der Waals surface area contributed by atoms with Crippen LogP contribution < -0.4 is 10.6 Å². The van der Waals surface area contributed by atoms with Crippen molar-refractivity contribution in [3.8, 4) is 6.07 Å². The second-order valence-electron chi connectivity index (χ2n) is 7.73. The lowest BCUT2D eigenvalue weighted by atomic mass is 9.72. The van der Waals surface area contributed by atoms with E-state index in [0.717, 1.165) is 42.7 Å². The molecule has 1 aromatic heterocycles. The van der Waals surface area contributed by atoms with Gasteiger partial charge in [0.25, 0.3) is 0 Å². The first-order valence-electron chi connectivity index (χ1n) is 8.91. The molecule has 2 N–H and O–H groups in total. The molecule has 136 valence electrons. The van der Waals surface area contributed by atoms with E-state index in [1.54, 1.807) is 11.3 Å². The summed E-state index contributed by atoms with van der Waals surface area (Å²) in [6.07, 6.45) is 5.35. The molecule has 0 bridgehead atoms. The number of nitriles is 1. The van der Waals surface area contributed by atoms with Crippen molar-refractivity contribution in [2.75, 3.05) is 5.32 Å². The summed E-state index contributed by atoms with van der Waals surface area (Å²) in [6.45, 7) is 8.88. The third-order valence-corrected chi connectivity index (χ3v) is 6.21. The van der Waals surface area contributed by atoms with Crippen molar-refractivity contribution in [3.05, 3.63) is 16.0 Å². The Balaban J connectivity index is 2.10. The fraction of sp³-hybridized carbons (Fsp3) is 0.632. The number of anilines is 1. The molecule has 4 nitrogen and oxygen atoms in total. The minimum atomic E-state index is -0.0769. The molecule has 0 fully saturated rings. The first-order valence-corrected chi connectivity index (χ1v) is 10.1. The third-order valence-electron chi connectivity index (χ3n) is 4.84. The van der Waals surface area contributed by atoms with Crippen molar-refractivity contribution in [1.29, 1.82) is 5.26 Å². The lowest BCUT2D eigenvalue weighted by molar-refractivity contribution is -0.119. The monoisotopic (exact) mass is 377 g/mol. The smallest absolute Gasteiger partial charge is 0.226 e. The Bertz CT molecular complexity index is 695. The number of fused-ring (bicyclic) bond motifs is 1. The Morgan fingerprint density at radius 2 is 2.16 bits per heavy atom. The number of nitrogens with zero attached hydrogens (tertiary/aromatic N) is 1. The van der Waals surface area contributed by atoms with Crippen molar-refractivity contribution in [1.82, 2.24) is 5.32 Å². The summed E-state index contributed by atoms with van der Waals surface area (Å²) in [5, 5.41) is 16.4. The minimum absolute atomic E-state index is 0.0769. The van der Waals surface area contributed by atoms with Gasteiger partial charge in [0.15, 0.2) is 5.11 Å². The lowest BCUT2D eigenvalue weighted by Gasteiger charge is -2.33. The van der Waals surface area contributed by atoms with Crippen molar-refractivity contribution >= 4 is 39.6 Å². The molecule has 0 unspecified atom stereocenters. The predicted molar refractivity (Wildman–Crippen MR) is 108 cm³/mol. The van der Waals surface area contributed by atoms with E-state index in [1.165, 1.54) is 4.88 Å². The molecule has 2 rings (SSSR count). The molecular formula is C19H27N3OS2. The first-order chi connectivity index (χ1) is 11.8. The SMILES string of the molecule is CCCCC(=O)NC(=S)Nc1sc2c(c1C#N)CC[C@@H](C(C)(C)C)C2. The molecule has 0 aromatic carbocycles. The van der Waals surface area contributed by atoms with E-state index in [1.807, 2.05) is 6.92 Å². The molecule has 0 saturated heterocycles. The van der Waals surface area contributed by atoms with Crippen LogP contribution in [0.15, 0.2) is 0 Å². The first kappa shape index (κ1) is 19.9. The van der Waals surface area contributed by atoms with Gasteiger partial charge < -0.3 is 10.6 Å². The van der Waals surface area contributed by atoms with Gasteiger partial charge in [0.2, 0.25) is 5.91 Å². The maximum Gasteiger partial charge on any atom is 0.226 e. The number of unbranched alkanes of at least 4 members (excludes halogenated alkanes) is 1. The fourth-order valence-corrected chi connectivity index (χ4v) is 4.76. The largest absolute Gasteiger partial charge is 0.323 e. The van der Waals surface area contributed by atoms with Crippen LogP contribution in [-0.2, 0) is 17.6 Å². The summed E-state index contributed by atoms with van der Waals surface area (Å²) in [4.78, 5) is 13.1. The van der Waals surface area contributed by atoms with E-state index >= 15 is 0 Å². The number of hydrogen-bond donors (Lipinski definition) is 2. The van der Waals surface area contributed by atoms with Crippen LogP contribution in [-0.4, -0.2) is 11.0 Å². The zero-order chi connectivity index (χ0) is 18.6. The van der Waals surface area contributed by atoms with Crippen LogP contribution in [0.3, 0.4) is 0 Å². The van der Waals surface area contributed by atoms with Crippen molar-refractivity contribution < 1.29 is 4.79 Å². The molecule has 0 aliphatic heterocycles. The highest BCUT2D eigenvalue weighted by Crippen LogP contribution is 2.43. The molecule has 0 radical (unpaired) electrons. The zero-order valence-corrected chi connectivity index (χ0v) is 17.1. The molecule has 25 heavy (non-hydrogen) atoms. The average molecular weight is 378 g/mol. The van der Waals surface area contributed by atoms with Gasteiger partial charge >= 0.3 is 0 Å². The fourth-order valence-electron chi connectivity index (χ4n) is 3.19. The zero-order valence-electron chi connectivity index (χ0n) is 15.5. The van der Waals surface area contributed by atoms with E-state index in [0.29, 0.717) is 17.9 Å². The summed E-state index contributed by atoms with van der Waals surface area (Å²) in [5.41, 5.74) is 2.12. The molecule has 1 aliphatic carbocycles. The van der Waals surface area contributed by atoms with Gasteiger partial charge in [-0.15, -0.1) is 11.3 Å². The second kappa shape index (κ2) is 8.29. The Morgan fingerprint density at radius 3 is 2.76 bits per heavy atom. The maximum atomic E-state index is 11.8. The normalized spacial score (nSPS) is 16.7. The standard InChI is InChI=1S/C19H27N3OS2/c1-5-6-7-16(23)21-18(24)22-17-14(11-20)13-9-8-12(19(2,3)4)10-15(13)25-17/h12H,5-10H2,1-4H3,(H2,21,22,23,24)/t12-/m1/s1. The highest BCUT2D eigenvalue weighted by atomic mass is 32.1. The van der Waals surface area contributed by atoms with Gasteiger partial charge in [-0.2, -0.15) is 5.26 Å². The van der Waals surface area contributed by atoms with Gasteiger partial charge in [-0.25, -0.2) is 0 Å². The van der Waals surface area contributed by atoms with E-state index < -0.39 is 0 Å². The minimum Gasteiger partial charge on any atom is -0.323 e. The molecular weight excluding hydrogens is 350 g/mol. The lowest BCUT2D eigenvalue weighted by Crippen LogP contribution is -2.33. The molecule has 1 aromatic rings. The number of amides is 1. The molecule has 1 heterocycles. The number of carbonyl (C=O) groups is 1. The third kappa shape index (κ3) is 5.02. The number of thiocarbonyl (C=S) groups is 1. The molecule has 6 heteroatoms. The number of nitrogens with one attached hydrogen (secondary N) is 2. The van der Waals surface area contributed by atoms with E-state index in [4.69, 9.17) is 12.2 Å². The predicted octanol–water partition coefficient (Wildman–Crippen LogP) is 4.77. The second-order valence-corrected chi connectivity index (χ2v) is 9.24. The van der Waals surface area contributed by atoms with Crippen molar-refractivity contribution in [2.24, 2.45) is 11.3 Å². The molecule has 1 amide bonds. The Labute approximate surface area is 160 Å².